The number of carbonyl (C=O) groups is 1. The second-order valence-electron chi connectivity index (χ2n) is 4.28. The zero-order valence-corrected chi connectivity index (χ0v) is 12.4. The number of amides is 1. The minimum absolute atomic E-state index is 0.0978. The molecule has 1 amide bonds. The molecule has 7 heteroatoms. The molecule has 19 heavy (non-hydrogen) atoms. The summed E-state index contributed by atoms with van der Waals surface area (Å²) in [7, 11) is 0. The van der Waals surface area contributed by atoms with Crippen LogP contribution in [-0.2, 0) is 5.60 Å². The van der Waals surface area contributed by atoms with Gasteiger partial charge in [0.05, 0.1) is 11.6 Å². The van der Waals surface area contributed by atoms with Gasteiger partial charge in [-0.2, -0.15) is 0 Å². The molecular formula is C12H12Cl2N2O2S. The van der Waals surface area contributed by atoms with Crippen molar-refractivity contribution < 1.29 is 9.90 Å². The molecule has 0 fully saturated rings. The fourth-order valence-corrected chi connectivity index (χ4v) is 2.65. The van der Waals surface area contributed by atoms with Gasteiger partial charge in [-0.05, 0) is 24.4 Å². The van der Waals surface area contributed by atoms with Crippen LogP contribution < -0.4 is 5.32 Å². The second kappa shape index (κ2) is 5.54. The van der Waals surface area contributed by atoms with Crippen LogP contribution in [0.25, 0.3) is 0 Å². The summed E-state index contributed by atoms with van der Waals surface area (Å²) in [6, 6.07) is 5.11. The first kappa shape index (κ1) is 14.4. The van der Waals surface area contributed by atoms with E-state index in [9.17, 15) is 9.90 Å². The van der Waals surface area contributed by atoms with Gasteiger partial charge in [0, 0.05) is 4.88 Å². The lowest BCUT2D eigenvalue weighted by atomic mass is 10.1. The summed E-state index contributed by atoms with van der Waals surface area (Å²) in [5, 5.41) is 15.3. The maximum Gasteiger partial charge on any atom is 0.267 e. The highest BCUT2D eigenvalue weighted by Crippen LogP contribution is 2.25. The Bertz CT molecular complexity index is 559. The highest BCUT2D eigenvalue weighted by molar-refractivity contribution is 7.10. The van der Waals surface area contributed by atoms with Crippen LogP contribution in [0.1, 0.15) is 22.3 Å². The van der Waals surface area contributed by atoms with E-state index in [1.165, 1.54) is 17.4 Å². The van der Waals surface area contributed by atoms with E-state index in [0.717, 1.165) is 4.88 Å². The van der Waals surface area contributed by atoms with E-state index < -0.39 is 5.60 Å². The smallest absolute Gasteiger partial charge is 0.267 e. The Balaban J connectivity index is 2.01. The summed E-state index contributed by atoms with van der Waals surface area (Å²) in [6.07, 6.45) is 0. The molecule has 0 radical (unpaired) electrons. The van der Waals surface area contributed by atoms with Crippen LogP contribution in [-0.4, -0.2) is 22.5 Å². The average molecular weight is 319 g/mol. The first-order valence-corrected chi connectivity index (χ1v) is 7.12. The van der Waals surface area contributed by atoms with Crippen molar-refractivity contribution >= 4 is 40.4 Å². The van der Waals surface area contributed by atoms with E-state index in [1.54, 1.807) is 6.92 Å². The van der Waals surface area contributed by atoms with Gasteiger partial charge in [-0.1, -0.05) is 29.3 Å². The number of hydrogen-bond acceptors (Lipinski definition) is 3. The average Bonchev–Trinajstić information content (AvgIpc) is 2.98. The number of aliphatic hydroxyl groups is 1. The third kappa shape index (κ3) is 3.30. The molecule has 2 aromatic heterocycles. The van der Waals surface area contributed by atoms with Gasteiger partial charge in [-0.15, -0.1) is 11.3 Å². The molecule has 0 aliphatic rings. The van der Waals surface area contributed by atoms with Gasteiger partial charge < -0.3 is 15.4 Å². The highest BCUT2D eigenvalue weighted by atomic mass is 35.5. The van der Waals surface area contributed by atoms with Crippen molar-refractivity contribution in [3.05, 3.63) is 44.3 Å². The lowest BCUT2D eigenvalue weighted by molar-refractivity contribution is 0.0555. The molecule has 0 saturated heterocycles. The first-order chi connectivity index (χ1) is 8.90. The number of aromatic amines is 1. The van der Waals surface area contributed by atoms with Crippen molar-refractivity contribution in [1.82, 2.24) is 10.3 Å². The molecule has 0 aliphatic carbocycles. The Kier molecular flexibility index (Phi) is 4.20. The molecule has 102 valence electrons. The van der Waals surface area contributed by atoms with Crippen molar-refractivity contribution in [3.8, 4) is 0 Å². The predicted octanol–water partition coefficient (Wildman–Crippen LogP) is 3.02. The number of nitrogens with one attached hydrogen (secondary N) is 2. The van der Waals surface area contributed by atoms with Crippen molar-refractivity contribution in [2.24, 2.45) is 0 Å². The molecule has 2 rings (SSSR count). The third-order valence-electron chi connectivity index (χ3n) is 2.61. The number of thiophene rings is 1. The van der Waals surface area contributed by atoms with E-state index in [0.29, 0.717) is 0 Å². The molecule has 4 nitrogen and oxygen atoms in total. The number of H-pyrrole nitrogens is 1. The van der Waals surface area contributed by atoms with Gasteiger partial charge in [0.1, 0.15) is 16.4 Å². The Morgan fingerprint density at radius 1 is 1.58 bits per heavy atom. The Hall–Kier alpha value is -1.01. The molecule has 1 atom stereocenters. The SMILES string of the molecule is C[C@@](O)(CNC(=O)c1cc(Cl)c(Cl)[nH]1)c1cccs1. The van der Waals surface area contributed by atoms with Gasteiger partial charge in [0.15, 0.2) is 0 Å². The van der Waals surface area contributed by atoms with Gasteiger partial charge in [-0.25, -0.2) is 0 Å². The third-order valence-corrected chi connectivity index (χ3v) is 4.43. The van der Waals surface area contributed by atoms with Crippen LogP contribution in [0.15, 0.2) is 23.6 Å². The van der Waals surface area contributed by atoms with Crippen LogP contribution in [0.4, 0.5) is 0 Å². The van der Waals surface area contributed by atoms with Gasteiger partial charge in [0.2, 0.25) is 0 Å². The molecule has 2 heterocycles. The summed E-state index contributed by atoms with van der Waals surface area (Å²) in [6.45, 7) is 1.74. The summed E-state index contributed by atoms with van der Waals surface area (Å²) < 4.78 is 0. The molecular weight excluding hydrogens is 307 g/mol. The highest BCUT2D eigenvalue weighted by Gasteiger charge is 2.25. The number of carbonyl (C=O) groups excluding carboxylic acids is 1. The normalized spacial score (nSPS) is 14.1. The van der Waals surface area contributed by atoms with Gasteiger partial charge in [-0.3, -0.25) is 4.79 Å². The number of halogens is 2. The molecule has 0 spiro atoms. The minimum Gasteiger partial charge on any atom is -0.383 e. The topological polar surface area (TPSA) is 65.1 Å². The summed E-state index contributed by atoms with van der Waals surface area (Å²) in [5.74, 6) is -0.370. The lowest BCUT2D eigenvalue weighted by Gasteiger charge is -2.22. The molecule has 0 bridgehead atoms. The van der Waals surface area contributed by atoms with E-state index in [-0.39, 0.29) is 28.3 Å². The van der Waals surface area contributed by atoms with Crippen LogP contribution in [0.2, 0.25) is 10.2 Å². The molecule has 0 aromatic carbocycles. The Morgan fingerprint density at radius 3 is 2.84 bits per heavy atom. The predicted molar refractivity (Wildman–Crippen MR) is 77.0 cm³/mol. The largest absolute Gasteiger partial charge is 0.383 e. The van der Waals surface area contributed by atoms with Crippen molar-refractivity contribution in [3.63, 3.8) is 0 Å². The molecule has 3 N–H and O–H groups in total. The van der Waals surface area contributed by atoms with Gasteiger partial charge in [0.25, 0.3) is 5.91 Å². The molecule has 0 unspecified atom stereocenters. The standard InChI is InChI=1S/C12H12Cl2N2O2S/c1-12(18,9-3-2-4-19-9)6-15-11(17)8-5-7(13)10(14)16-8/h2-5,16,18H,6H2,1H3,(H,15,17)/t12-/m1/s1. The minimum atomic E-state index is -1.11. The maximum atomic E-state index is 11.9. The monoisotopic (exact) mass is 318 g/mol. The van der Waals surface area contributed by atoms with Crippen LogP contribution in [0, 0.1) is 0 Å². The van der Waals surface area contributed by atoms with E-state index in [4.69, 9.17) is 23.2 Å². The van der Waals surface area contributed by atoms with Crippen LogP contribution >= 0.6 is 34.5 Å². The number of rotatable bonds is 4. The Labute approximate surface area is 124 Å². The zero-order valence-electron chi connectivity index (χ0n) is 10.0. The summed E-state index contributed by atoms with van der Waals surface area (Å²) >= 11 is 12.9. The van der Waals surface area contributed by atoms with Crippen molar-refractivity contribution in [2.45, 2.75) is 12.5 Å². The quantitative estimate of drug-likeness (QED) is 0.811. The van der Waals surface area contributed by atoms with Crippen molar-refractivity contribution in [1.29, 1.82) is 0 Å². The summed E-state index contributed by atoms with van der Waals surface area (Å²) in [4.78, 5) is 15.3. The molecule has 2 aromatic rings. The van der Waals surface area contributed by atoms with E-state index in [2.05, 4.69) is 10.3 Å². The fraction of sp³-hybridized carbons (Fsp3) is 0.250. The van der Waals surface area contributed by atoms with E-state index >= 15 is 0 Å². The van der Waals surface area contributed by atoms with Crippen molar-refractivity contribution in [2.75, 3.05) is 6.54 Å². The summed E-state index contributed by atoms with van der Waals surface area (Å²) in [5.41, 5.74) is -0.846. The zero-order chi connectivity index (χ0) is 14.0. The first-order valence-electron chi connectivity index (χ1n) is 5.49. The number of aromatic nitrogens is 1. The van der Waals surface area contributed by atoms with Gasteiger partial charge >= 0.3 is 0 Å². The second-order valence-corrected chi connectivity index (χ2v) is 6.01. The van der Waals surface area contributed by atoms with Crippen LogP contribution in [0.3, 0.4) is 0 Å². The number of hydrogen-bond donors (Lipinski definition) is 3. The Morgan fingerprint density at radius 2 is 2.32 bits per heavy atom. The lowest BCUT2D eigenvalue weighted by Crippen LogP contribution is -2.38. The van der Waals surface area contributed by atoms with Crippen LogP contribution in [0.5, 0.6) is 0 Å². The maximum absolute atomic E-state index is 11.9. The molecule has 0 aliphatic heterocycles. The van der Waals surface area contributed by atoms with E-state index in [1.807, 2.05) is 17.5 Å². The fourth-order valence-electron chi connectivity index (χ4n) is 1.55. The molecule has 0 saturated carbocycles.